The van der Waals surface area contributed by atoms with Crippen LogP contribution in [0.1, 0.15) is 29.6 Å². The Labute approximate surface area is 141 Å². The zero-order valence-electron chi connectivity index (χ0n) is 14.1. The summed E-state index contributed by atoms with van der Waals surface area (Å²) in [5.74, 6) is 0.481. The van der Waals surface area contributed by atoms with Crippen LogP contribution in [0.2, 0.25) is 0 Å². The van der Waals surface area contributed by atoms with E-state index in [1.807, 2.05) is 35.4 Å². The standard InChI is InChI=1S/C19H24N2O3/c1-23-12-16-3-2-7-19(16)13-21(9-10-24-19)18(22)15-4-5-17-14(11-15)6-8-20-17/h4-6,8,11,16,20H,2-3,7,9-10,12-13H2,1H3/t16-,19-/m0/s1. The molecule has 0 radical (unpaired) electrons. The summed E-state index contributed by atoms with van der Waals surface area (Å²) in [6.45, 7) is 2.65. The maximum atomic E-state index is 13.0. The van der Waals surface area contributed by atoms with E-state index in [-0.39, 0.29) is 11.5 Å². The predicted molar refractivity (Wildman–Crippen MR) is 92.1 cm³/mol. The Balaban J connectivity index is 1.56. The van der Waals surface area contributed by atoms with Crippen LogP contribution in [0.3, 0.4) is 0 Å². The molecule has 1 saturated heterocycles. The van der Waals surface area contributed by atoms with Crippen molar-refractivity contribution in [2.75, 3.05) is 33.4 Å². The zero-order chi connectivity index (χ0) is 16.6. The first kappa shape index (κ1) is 15.7. The number of benzene rings is 1. The smallest absolute Gasteiger partial charge is 0.254 e. The third-order valence-electron chi connectivity index (χ3n) is 5.56. The van der Waals surface area contributed by atoms with Crippen molar-refractivity contribution in [2.45, 2.75) is 24.9 Å². The highest BCUT2D eigenvalue weighted by atomic mass is 16.5. The second kappa shape index (κ2) is 6.22. The summed E-state index contributed by atoms with van der Waals surface area (Å²) in [6.07, 6.45) is 5.18. The summed E-state index contributed by atoms with van der Waals surface area (Å²) in [5.41, 5.74) is 1.59. The van der Waals surface area contributed by atoms with E-state index in [0.29, 0.717) is 32.2 Å². The van der Waals surface area contributed by atoms with Crippen molar-refractivity contribution in [1.29, 1.82) is 0 Å². The first-order chi connectivity index (χ1) is 11.7. The number of amides is 1. The summed E-state index contributed by atoms with van der Waals surface area (Å²) in [4.78, 5) is 18.1. The number of H-pyrrole nitrogens is 1. The molecule has 1 amide bonds. The number of ether oxygens (including phenoxy) is 2. The van der Waals surface area contributed by atoms with Crippen molar-refractivity contribution in [1.82, 2.24) is 9.88 Å². The number of carbonyl (C=O) groups excluding carboxylic acids is 1. The second-order valence-electron chi connectivity index (χ2n) is 6.96. The largest absolute Gasteiger partial charge is 0.384 e. The second-order valence-corrected chi connectivity index (χ2v) is 6.96. The highest BCUT2D eigenvalue weighted by molar-refractivity contribution is 5.98. The topological polar surface area (TPSA) is 54.6 Å². The van der Waals surface area contributed by atoms with Crippen LogP contribution in [0.15, 0.2) is 30.5 Å². The number of rotatable bonds is 3. The fourth-order valence-corrected chi connectivity index (χ4v) is 4.30. The molecule has 1 N–H and O–H groups in total. The lowest BCUT2D eigenvalue weighted by Gasteiger charge is -2.44. The van der Waals surface area contributed by atoms with Gasteiger partial charge >= 0.3 is 0 Å². The van der Waals surface area contributed by atoms with Gasteiger partial charge in [-0.15, -0.1) is 0 Å². The van der Waals surface area contributed by atoms with Crippen molar-refractivity contribution >= 4 is 16.8 Å². The Morgan fingerprint density at radius 1 is 1.46 bits per heavy atom. The molecule has 2 atom stereocenters. The number of nitrogens with zero attached hydrogens (tertiary/aromatic N) is 1. The predicted octanol–water partition coefficient (Wildman–Crippen LogP) is 2.83. The molecular weight excluding hydrogens is 304 g/mol. The van der Waals surface area contributed by atoms with Crippen molar-refractivity contribution in [3.8, 4) is 0 Å². The highest BCUT2D eigenvalue weighted by Crippen LogP contribution is 2.41. The lowest BCUT2D eigenvalue weighted by atomic mass is 9.89. The van der Waals surface area contributed by atoms with E-state index < -0.39 is 0 Å². The Hall–Kier alpha value is -1.85. The molecule has 0 unspecified atom stereocenters. The lowest BCUT2D eigenvalue weighted by Crippen LogP contribution is -2.56. The Bertz CT molecular complexity index is 741. The molecule has 128 valence electrons. The average molecular weight is 328 g/mol. The van der Waals surface area contributed by atoms with Crippen LogP contribution in [0.5, 0.6) is 0 Å². The first-order valence-electron chi connectivity index (χ1n) is 8.71. The molecule has 1 aromatic carbocycles. The Morgan fingerprint density at radius 3 is 3.25 bits per heavy atom. The van der Waals surface area contributed by atoms with E-state index in [9.17, 15) is 4.79 Å². The van der Waals surface area contributed by atoms with E-state index >= 15 is 0 Å². The summed E-state index contributed by atoms with van der Waals surface area (Å²) in [5, 5.41) is 1.07. The van der Waals surface area contributed by atoms with Gasteiger partial charge in [0.2, 0.25) is 0 Å². The Kier molecular flexibility index (Phi) is 4.06. The van der Waals surface area contributed by atoms with E-state index in [1.54, 1.807) is 7.11 Å². The number of nitrogens with one attached hydrogen (secondary N) is 1. The van der Waals surface area contributed by atoms with Crippen molar-refractivity contribution in [3.63, 3.8) is 0 Å². The SMILES string of the molecule is COC[C@@H]1CCC[C@]12CN(C(=O)c1ccc3[nH]ccc3c1)CCO2. The number of aromatic nitrogens is 1. The molecule has 1 saturated carbocycles. The van der Waals surface area contributed by atoms with Crippen LogP contribution >= 0.6 is 0 Å². The number of methoxy groups -OCH3 is 1. The maximum Gasteiger partial charge on any atom is 0.254 e. The van der Waals surface area contributed by atoms with Crippen LogP contribution in [-0.2, 0) is 9.47 Å². The molecule has 2 heterocycles. The lowest BCUT2D eigenvalue weighted by molar-refractivity contribution is -0.130. The fourth-order valence-electron chi connectivity index (χ4n) is 4.30. The van der Waals surface area contributed by atoms with Gasteiger partial charge in [0.25, 0.3) is 5.91 Å². The number of aromatic amines is 1. The van der Waals surface area contributed by atoms with Gasteiger partial charge in [0.05, 0.1) is 25.4 Å². The molecule has 2 aromatic rings. The van der Waals surface area contributed by atoms with E-state index in [0.717, 1.165) is 35.7 Å². The molecule has 5 heteroatoms. The van der Waals surface area contributed by atoms with Gasteiger partial charge in [-0.05, 0) is 37.1 Å². The van der Waals surface area contributed by atoms with Crippen molar-refractivity contribution in [3.05, 3.63) is 36.0 Å². The van der Waals surface area contributed by atoms with E-state index in [1.165, 1.54) is 0 Å². The number of morpholine rings is 1. The van der Waals surface area contributed by atoms with Gasteiger partial charge in [-0.25, -0.2) is 0 Å². The highest BCUT2D eigenvalue weighted by Gasteiger charge is 2.47. The number of hydrogen-bond acceptors (Lipinski definition) is 3. The summed E-state index contributed by atoms with van der Waals surface area (Å²) in [6, 6.07) is 7.85. The first-order valence-corrected chi connectivity index (χ1v) is 8.71. The minimum atomic E-state index is -0.220. The Morgan fingerprint density at radius 2 is 2.38 bits per heavy atom. The molecule has 1 spiro atoms. The van der Waals surface area contributed by atoms with Crippen molar-refractivity contribution < 1.29 is 14.3 Å². The van der Waals surface area contributed by atoms with Crippen LogP contribution in [0, 0.1) is 5.92 Å². The average Bonchev–Trinajstić information content (AvgIpc) is 3.22. The molecule has 24 heavy (non-hydrogen) atoms. The number of carbonyl (C=O) groups is 1. The van der Waals surface area contributed by atoms with Crippen molar-refractivity contribution in [2.24, 2.45) is 5.92 Å². The molecule has 5 nitrogen and oxygen atoms in total. The van der Waals surface area contributed by atoms with Crippen LogP contribution in [0.25, 0.3) is 10.9 Å². The molecule has 1 aliphatic heterocycles. The van der Waals surface area contributed by atoms with Gasteiger partial charge in [0.15, 0.2) is 0 Å². The maximum absolute atomic E-state index is 13.0. The number of hydrogen-bond donors (Lipinski definition) is 1. The third kappa shape index (κ3) is 2.62. The van der Waals surface area contributed by atoms with Crippen LogP contribution in [0.4, 0.5) is 0 Å². The third-order valence-corrected chi connectivity index (χ3v) is 5.56. The van der Waals surface area contributed by atoms with Gasteiger partial charge in [-0.2, -0.15) is 0 Å². The molecule has 1 aromatic heterocycles. The monoisotopic (exact) mass is 328 g/mol. The van der Waals surface area contributed by atoms with Gasteiger partial charge in [0, 0.05) is 42.2 Å². The molecule has 0 bridgehead atoms. The van der Waals surface area contributed by atoms with Gasteiger partial charge in [-0.1, -0.05) is 6.42 Å². The summed E-state index contributed by atoms with van der Waals surface area (Å²) < 4.78 is 11.6. The zero-order valence-corrected chi connectivity index (χ0v) is 14.1. The van der Waals surface area contributed by atoms with E-state index in [2.05, 4.69) is 4.98 Å². The van der Waals surface area contributed by atoms with Gasteiger partial charge in [0.1, 0.15) is 0 Å². The van der Waals surface area contributed by atoms with Crippen LogP contribution in [-0.4, -0.2) is 54.8 Å². The summed E-state index contributed by atoms with van der Waals surface area (Å²) >= 11 is 0. The van der Waals surface area contributed by atoms with E-state index in [4.69, 9.17) is 9.47 Å². The quantitative estimate of drug-likeness (QED) is 0.942. The minimum absolute atomic E-state index is 0.101. The molecular formula is C19H24N2O3. The molecule has 1 aliphatic carbocycles. The minimum Gasteiger partial charge on any atom is -0.384 e. The summed E-state index contributed by atoms with van der Waals surface area (Å²) in [7, 11) is 1.74. The molecule has 2 aliphatic rings. The van der Waals surface area contributed by atoms with Crippen LogP contribution < -0.4 is 0 Å². The van der Waals surface area contributed by atoms with Gasteiger partial charge in [-0.3, -0.25) is 4.79 Å². The molecule has 4 rings (SSSR count). The normalized spacial score (nSPS) is 27.2. The fraction of sp³-hybridized carbons (Fsp3) is 0.526. The molecule has 2 fully saturated rings. The van der Waals surface area contributed by atoms with Gasteiger partial charge < -0.3 is 19.4 Å². The number of fused-ring (bicyclic) bond motifs is 1.